The fraction of sp³-hybridized carbons (Fsp3) is 0.136. The van der Waals surface area contributed by atoms with Gasteiger partial charge in [-0.15, -0.1) is 0 Å². The van der Waals surface area contributed by atoms with E-state index < -0.39 is 0 Å². The highest BCUT2D eigenvalue weighted by molar-refractivity contribution is 5.96. The number of hydrogen-bond donors (Lipinski definition) is 1. The third kappa shape index (κ3) is 4.86. The number of para-hydroxylation sites is 1. The van der Waals surface area contributed by atoms with Crippen molar-refractivity contribution in [3.63, 3.8) is 0 Å². The zero-order valence-electron chi connectivity index (χ0n) is 14.6. The number of benzene rings is 3. The number of ketones is 1. The van der Waals surface area contributed by atoms with Gasteiger partial charge in [-0.1, -0.05) is 18.2 Å². The summed E-state index contributed by atoms with van der Waals surface area (Å²) >= 11 is 0. The van der Waals surface area contributed by atoms with Gasteiger partial charge in [0.1, 0.15) is 17.2 Å². The lowest BCUT2D eigenvalue weighted by Crippen LogP contribution is -2.08. The van der Waals surface area contributed by atoms with E-state index in [1.165, 1.54) is 0 Å². The fourth-order valence-corrected chi connectivity index (χ4v) is 2.51. The summed E-state index contributed by atoms with van der Waals surface area (Å²) in [5.41, 5.74) is 1.65. The SMILES string of the molecule is COc1ccc(C(=O)CCNc2ccc(Oc3ccccc3)cc2)cc1. The van der Waals surface area contributed by atoms with Crippen LogP contribution < -0.4 is 14.8 Å². The first kappa shape index (κ1) is 17.5. The Morgan fingerprint density at radius 2 is 1.42 bits per heavy atom. The van der Waals surface area contributed by atoms with E-state index in [-0.39, 0.29) is 5.78 Å². The van der Waals surface area contributed by atoms with Gasteiger partial charge in [0.25, 0.3) is 0 Å². The molecule has 0 fully saturated rings. The predicted molar refractivity (Wildman–Crippen MR) is 103 cm³/mol. The van der Waals surface area contributed by atoms with Crippen LogP contribution in [0.2, 0.25) is 0 Å². The molecule has 26 heavy (non-hydrogen) atoms. The molecule has 1 N–H and O–H groups in total. The number of nitrogens with one attached hydrogen (secondary N) is 1. The Labute approximate surface area is 153 Å². The normalized spacial score (nSPS) is 10.2. The van der Waals surface area contributed by atoms with E-state index in [0.29, 0.717) is 18.5 Å². The molecule has 0 aliphatic carbocycles. The van der Waals surface area contributed by atoms with Gasteiger partial charge in [-0.3, -0.25) is 4.79 Å². The lowest BCUT2D eigenvalue weighted by molar-refractivity contribution is 0.0986. The van der Waals surface area contributed by atoms with Crippen molar-refractivity contribution in [1.29, 1.82) is 0 Å². The molecule has 0 heterocycles. The van der Waals surface area contributed by atoms with Gasteiger partial charge in [-0.25, -0.2) is 0 Å². The Morgan fingerprint density at radius 1 is 0.808 bits per heavy atom. The maximum Gasteiger partial charge on any atom is 0.164 e. The van der Waals surface area contributed by atoms with E-state index in [0.717, 1.165) is 22.9 Å². The topological polar surface area (TPSA) is 47.6 Å². The standard InChI is InChI=1S/C22H21NO3/c1-25-19-11-7-17(8-12-19)22(24)15-16-23-18-9-13-21(14-10-18)26-20-5-3-2-4-6-20/h2-14,23H,15-16H2,1H3. The molecular weight excluding hydrogens is 326 g/mol. The van der Waals surface area contributed by atoms with E-state index in [1.54, 1.807) is 31.4 Å². The smallest absolute Gasteiger partial charge is 0.164 e. The minimum Gasteiger partial charge on any atom is -0.497 e. The molecule has 0 spiro atoms. The lowest BCUT2D eigenvalue weighted by Gasteiger charge is -2.09. The van der Waals surface area contributed by atoms with Crippen LogP contribution in [-0.2, 0) is 0 Å². The highest BCUT2D eigenvalue weighted by atomic mass is 16.5. The molecule has 0 atom stereocenters. The quantitative estimate of drug-likeness (QED) is 0.571. The van der Waals surface area contributed by atoms with E-state index in [1.807, 2.05) is 54.6 Å². The number of rotatable bonds is 8. The number of carbonyl (C=O) groups excluding carboxylic acids is 1. The minimum atomic E-state index is 0.101. The molecule has 3 aromatic carbocycles. The second kappa shape index (κ2) is 8.72. The third-order valence-electron chi connectivity index (χ3n) is 3.93. The highest BCUT2D eigenvalue weighted by Crippen LogP contribution is 2.22. The van der Waals surface area contributed by atoms with Crippen molar-refractivity contribution in [3.05, 3.63) is 84.4 Å². The Hall–Kier alpha value is -3.27. The Balaban J connectivity index is 1.47. The number of ether oxygens (including phenoxy) is 2. The Bertz CT molecular complexity index is 828. The maximum absolute atomic E-state index is 12.2. The van der Waals surface area contributed by atoms with Gasteiger partial charge in [0.05, 0.1) is 7.11 Å². The zero-order chi connectivity index (χ0) is 18.2. The second-order valence-corrected chi connectivity index (χ2v) is 5.77. The minimum absolute atomic E-state index is 0.101. The van der Waals surface area contributed by atoms with E-state index >= 15 is 0 Å². The average molecular weight is 347 g/mol. The first-order valence-electron chi connectivity index (χ1n) is 8.49. The van der Waals surface area contributed by atoms with Crippen molar-refractivity contribution in [3.8, 4) is 17.2 Å². The fourth-order valence-electron chi connectivity index (χ4n) is 2.51. The van der Waals surface area contributed by atoms with Gasteiger partial charge in [-0.05, 0) is 60.7 Å². The molecule has 0 radical (unpaired) electrons. The number of hydrogen-bond acceptors (Lipinski definition) is 4. The van der Waals surface area contributed by atoms with Crippen molar-refractivity contribution in [2.75, 3.05) is 19.0 Å². The molecule has 0 aromatic heterocycles. The molecule has 0 saturated carbocycles. The van der Waals surface area contributed by atoms with Crippen molar-refractivity contribution >= 4 is 11.5 Å². The monoisotopic (exact) mass is 347 g/mol. The summed E-state index contributed by atoms with van der Waals surface area (Å²) in [6, 6.07) is 24.5. The van der Waals surface area contributed by atoms with Crippen LogP contribution in [0.1, 0.15) is 16.8 Å². The van der Waals surface area contributed by atoms with Crippen molar-refractivity contribution in [2.45, 2.75) is 6.42 Å². The molecule has 4 heteroatoms. The van der Waals surface area contributed by atoms with Crippen LogP contribution in [0.3, 0.4) is 0 Å². The summed E-state index contributed by atoms with van der Waals surface area (Å²) < 4.78 is 10.9. The molecular formula is C22H21NO3. The molecule has 0 aliphatic heterocycles. The van der Waals surface area contributed by atoms with Crippen molar-refractivity contribution in [1.82, 2.24) is 0 Å². The van der Waals surface area contributed by atoms with Crippen molar-refractivity contribution in [2.24, 2.45) is 0 Å². The molecule has 0 amide bonds. The van der Waals surface area contributed by atoms with Crippen molar-refractivity contribution < 1.29 is 14.3 Å². The average Bonchev–Trinajstić information content (AvgIpc) is 2.70. The van der Waals surface area contributed by atoms with Crippen LogP contribution in [0.15, 0.2) is 78.9 Å². The highest BCUT2D eigenvalue weighted by Gasteiger charge is 2.06. The van der Waals surface area contributed by atoms with Crippen LogP contribution in [0.4, 0.5) is 5.69 Å². The maximum atomic E-state index is 12.2. The van der Waals surface area contributed by atoms with Crippen LogP contribution in [-0.4, -0.2) is 19.4 Å². The summed E-state index contributed by atoms with van der Waals surface area (Å²) in [5, 5.41) is 3.26. The van der Waals surface area contributed by atoms with Crippen LogP contribution in [0.25, 0.3) is 0 Å². The first-order chi connectivity index (χ1) is 12.7. The van der Waals surface area contributed by atoms with E-state index in [4.69, 9.17) is 9.47 Å². The lowest BCUT2D eigenvalue weighted by atomic mass is 10.1. The van der Waals surface area contributed by atoms with Gasteiger partial charge in [-0.2, -0.15) is 0 Å². The molecule has 3 aromatic rings. The van der Waals surface area contributed by atoms with Crippen LogP contribution in [0, 0.1) is 0 Å². The third-order valence-corrected chi connectivity index (χ3v) is 3.93. The summed E-state index contributed by atoms with van der Waals surface area (Å²) in [7, 11) is 1.61. The molecule has 0 unspecified atom stereocenters. The molecule has 0 bridgehead atoms. The second-order valence-electron chi connectivity index (χ2n) is 5.77. The molecule has 0 saturated heterocycles. The number of Topliss-reactive ketones (excluding diaryl/α,β-unsaturated/α-hetero) is 1. The first-order valence-corrected chi connectivity index (χ1v) is 8.49. The zero-order valence-corrected chi connectivity index (χ0v) is 14.6. The largest absolute Gasteiger partial charge is 0.497 e. The number of carbonyl (C=O) groups is 1. The predicted octanol–water partition coefficient (Wildman–Crippen LogP) is 5.17. The molecule has 4 nitrogen and oxygen atoms in total. The van der Waals surface area contributed by atoms with E-state index in [2.05, 4.69) is 5.32 Å². The van der Waals surface area contributed by atoms with Gasteiger partial charge < -0.3 is 14.8 Å². The number of methoxy groups -OCH3 is 1. The van der Waals surface area contributed by atoms with Gasteiger partial charge >= 0.3 is 0 Å². The Morgan fingerprint density at radius 3 is 2.08 bits per heavy atom. The number of anilines is 1. The summed E-state index contributed by atoms with van der Waals surface area (Å²) in [6.45, 7) is 0.573. The van der Waals surface area contributed by atoms with Gasteiger partial charge in [0.2, 0.25) is 0 Å². The van der Waals surface area contributed by atoms with Gasteiger partial charge in [0.15, 0.2) is 5.78 Å². The van der Waals surface area contributed by atoms with Crippen LogP contribution >= 0.6 is 0 Å². The van der Waals surface area contributed by atoms with Gasteiger partial charge in [0, 0.05) is 24.2 Å². The Kier molecular flexibility index (Phi) is 5.88. The summed E-state index contributed by atoms with van der Waals surface area (Å²) in [6.07, 6.45) is 0.425. The molecule has 132 valence electrons. The molecule has 3 rings (SSSR count). The summed E-state index contributed by atoms with van der Waals surface area (Å²) in [4.78, 5) is 12.2. The van der Waals surface area contributed by atoms with Crippen LogP contribution in [0.5, 0.6) is 17.2 Å². The summed E-state index contributed by atoms with van der Waals surface area (Å²) in [5.74, 6) is 2.43. The van der Waals surface area contributed by atoms with E-state index in [9.17, 15) is 4.79 Å². The molecule has 0 aliphatic rings.